The lowest BCUT2D eigenvalue weighted by molar-refractivity contribution is -0.125. The summed E-state index contributed by atoms with van der Waals surface area (Å²) in [6.45, 7) is 4.99. The minimum absolute atomic E-state index is 0.224. The van der Waals surface area contributed by atoms with Gasteiger partial charge in [-0.1, -0.05) is 29.8 Å². The van der Waals surface area contributed by atoms with E-state index in [1.165, 1.54) is 21.7 Å². The lowest BCUT2D eigenvalue weighted by atomic mass is 10.1. The van der Waals surface area contributed by atoms with E-state index in [0.29, 0.717) is 43.7 Å². The lowest BCUT2D eigenvalue weighted by Crippen LogP contribution is -2.47. The van der Waals surface area contributed by atoms with E-state index in [1.54, 1.807) is 18.2 Å². The fourth-order valence-electron chi connectivity index (χ4n) is 4.47. The molecule has 2 aliphatic heterocycles. The van der Waals surface area contributed by atoms with Crippen LogP contribution in [-0.2, 0) is 32.5 Å². The van der Waals surface area contributed by atoms with Gasteiger partial charge in [0.15, 0.2) is 0 Å². The fraction of sp³-hybridized carbons (Fsp3) is 0.417. The summed E-state index contributed by atoms with van der Waals surface area (Å²) in [5.74, 6) is -0.468. The second kappa shape index (κ2) is 9.03. The molecular weight excluding hydrogens is 426 g/mol. The summed E-state index contributed by atoms with van der Waals surface area (Å²) in [5.41, 5.74) is 3.63. The number of carbonyl (C=O) groups excluding carboxylic acids is 2. The van der Waals surface area contributed by atoms with Crippen molar-refractivity contribution in [3.05, 3.63) is 59.2 Å². The third kappa shape index (κ3) is 4.42. The minimum atomic E-state index is -3.55. The van der Waals surface area contributed by atoms with Crippen molar-refractivity contribution in [2.24, 2.45) is 0 Å². The Morgan fingerprint density at radius 3 is 2.41 bits per heavy atom. The molecule has 170 valence electrons. The number of sulfonamides is 1. The van der Waals surface area contributed by atoms with Gasteiger partial charge in [-0.15, -0.1) is 0 Å². The van der Waals surface area contributed by atoms with Gasteiger partial charge in [0, 0.05) is 38.7 Å². The van der Waals surface area contributed by atoms with Gasteiger partial charge in [0.05, 0.1) is 4.90 Å². The number of fused-ring (bicyclic) bond motifs is 1. The lowest BCUT2D eigenvalue weighted by Gasteiger charge is -2.23. The fourth-order valence-corrected chi connectivity index (χ4v) is 6.04. The highest BCUT2D eigenvalue weighted by Gasteiger charge is 2.38. The van der Waals surface area contributed by atoms with Gasteiger partial charge in [-0.05, 0) is 55.5 Å². The molecule has 0 unspecified atom stereocenters. The van der Waals surface area contributed by atoms with E-state index in [1.807, 2.05) is 31.2 Å². The highest BCUT2D eigenvalue weighted by atomic mass is 32.2. The van der Waals surface area contributed by atoms with Crippen molar-refractivity contribution in [3.8, 4) is 0 Å². The molecule has 0 saturated carbocycles. The maximum atomic E-state index is 12.9. The first-order valence-electron chi connectivity index (χ1n) is 11.0. The van der Waals surface area contributed by atoms with Crippen molar-refractivity contribution in [1.82, 2.24) is 9.62 Å². The first-order valence-corrected chi connectivity index (χ1v) is 12.5. The second-order valence-corrected chi connectivity index (χ2v) is 10.5. The average molecular weight is 456 g/mol. The van der Waals surface area contributed by atoms with Crippen molar-refractivity contribution in [2.45, 2.75) is 50.5 Å². The van der Waals surface area contributed by atoms with Crippen LogP contribution in [-0.4, -0.2) is 50.2 Å². The van der Waals surface area contributed by atoms with E-state index >= 15 is 0 Å². The summed E-state index contributed by atoms with van der Waals surface area (Å²) in [5, 5.41) is 2.94. The number of amides is 2. The number of carbonyl (C=O) groups is 2. The van der Waals surface area contributed by atoms with Crippen LogP contribution in [0.1, 0.15) is 36.5 Å². The van der Waals surface area contributed by atoms with E-state index in [9.17, 15) is 18.0 Å². The summed E-state index contributed by atoms with van der Waals surface area (Å²) < 4.78 is 27.4. The Bertz CT molecular complexity index is 1120. The molecule has 0 aromatic heterocycles. The topological polar surface area (TPSA) is 86.8 Å². The molecule has 1 N–H and O–H groups in total. The zero-order valence-electron chi connectivity index (χ0n) is 18.5. The van der Waals surface area contributed by atoms with Crippen molar-refractivity contribution >= 4 is 27.5 Å². The van der Waals surface area contributed by atoms with Crippen LogP contribution >= 0.6 is 0 Å². The second-order valence-electron chi connectivity index (χ2n) is 8.54. The number of aryl methyl sites for hydroxylation is 1. The number of benzene rings is 2. The SMILES string of the molecule is CC(=O)N1c2ccc(S(=O)(=O)N3CCCC3)cc2C[C@H]1C(=O)NCCc1ccc(C)cc1. The maximum Gasteiger partial charge on any atom is 0.243 e. The van der Waals surface area contributed by atoms with Crippen LogP contribution in [0.2, 0.25) is 0 Å². The third-order valence-electron chi connectivity index (χ3n) is 6.21. The molecule has 8 heteroatoms. The van der Waals surface area contributed by atoms with E-state index < -0.39 is 16.1 Å². The van der Waals surface area contributed by atoms with E-state index in [2.05, 4.69) is 5.32 Å². The number of nitrogens with one attached hydrogen (secondary N) is 1. The molecule has 2 amide bonds. The molecule has 0 bridgehead atoms. The van der Waals surface area contributed by atoms with E-state index in [0.717, 1.165) is 18.4 Å². The quantitative estimate of drug-likeness (QED) is 0.725. The van der Waals surface area contributed by atoms with Crippen LogP contribution in [0.25, 0.3) is 0 Å². The molecule has 4 rings (SSSR count). The van der Waals surface area contributed by atoms with Crippen LogP contribution in [0.15, 0.2) is 47.4 Å². The molecule has 0 radical (unpaired) electrons. The minimum Gasteiger partial charge on any atom is -0.354 e. The van der Waals surface area contributed by atoms with E-state index in [4.69, 9.17) is 0 Å². The highest BCUT2D eigenvalue weighted by molar-refractivity contribution is 7.89. The number of anilines is 1. The largest absolute Gasteiger partial charge is 0.354 e. The molecular formula is C24H29N3O4S. The molecule has 2 heterocycles. The molecule has 2 aliphatic rings. The molecule has 2 aromatic rings. The van der Waals surface area contributed by atoms with Gasteiger partial charge in [-0.25, -0.2) is 8.42 Å². The summed E-state index contributed by atoms with van der Waals surface area (Å²) in [4.78, 5) is 27.0. The Morgan fingerprint density at radius 2 is 1.75 bits per heavy atom. The van der Waals surface area contributed by atoms with Crippen molar-refractivity contribution < 1.29 is 18.0 Å². The van der Waals surface area contributed by atoms with Gasteiger partial charge in [0.2, 0.25) is 21.8 Å². The third-order valence-corrected chi connectivity index (χ3v) is 8.11. The predicted molar refractivity (Wildman–Crippen MR) is 123 cm³/mol. The molecule has 1 saturated heterocycles. The molecule has 2 aromatic carbocycles. The van der Waals surface area contributed by atoms with Crippen molar-refractivity contribution in [1.29, 1.82) is 0 Å². The zero-order chi connectivity index (χ0) is 22.9. The Hall–Kier alpha value is -2.71. The van der Waals surface area contributed by atoms with Crippen LogP contribution < -0.4 is 10.2 Å². The summed E-state index contributed by atoms with van der Waals surface area (Å²) >= 11 is 0. The molecule has 1 fully saturated rings. The van der Waals surface area contributed by atoms with Crippen molar-refractivity contribution in [2.75, 3.05) is 24.5 Å². The van der Waals surface area contributed by atoms with E-state index in [-0.39, 0.29) is 16.7 Å². The van der Waals surface area contributed by atoms with Gasteiger partial charge in [0.25, 0.3) is 0 Å². The predicted octanol–water partition coefficient (Wildman–Crippen LogP) is 2.42. The van der Waals surface area contributed by atoms with Crippen LogP contribution in [0.4, 0.5) is 5.69 Å². The van der Waals surface area contributed by atoms with Gasteiger partial charge < -0.3 is 5.32 Å². The Labute approximate surface area is 189 Å². The Morgan fingerprint density at radius 1 is 1.06 bits per heavy atom. The first kappa shape index (κ1) is 22.5. The molecule has 1 atom stereocenters. The zero-order valence-corrected chi connectivity index (χ0v) is 19.3. The molecule has 32 heavy (non-hydrogen) atoms. The monoisotopic (exact) mass is 455 g/mol. The average Bonchev–Trinajstić information content (AvgIpc) is 3.43. The molecule has 0 spiro atoms. The van der Waals surface area contributed by atoms with Crippen LogP contribution in [0.5, 0.6) is 0 Å². The smallest absolute Gasteiger partial charge is 0.243 e. The Balaban J connectivity index is 1.48. The summed E-state index contributed by atoms with van der Waals surface area (Å²) in [7, 11) is -3.55. The van der Waals surface area contributed by atoms with Crippen LogP contribution in [0.3, 0.4) is 0 Å². The van der Waals surface area contributed by atoms with Gasteiger partial charge in [-0.2, -0.15) is 4.31 Å². The van der Waals surface area contributed by atoms with Gasteiger partial charge >= 0.3 is 0 Å². The first-order chi connectivity index (χ1) is 15.3. The number of nitrogens with zero attached hydrogens (tertiary/aromatic N) is 2. The summed E-state index contributed by atoms with van der Waals surface area (Å²) in [6.07, 6.45) is 2.73. The Kier molecular flexibility index (Phi) is 6.35. The van der Waals surface area contributed by atoms with Crippen LogP contribution in [0, 0.1) is 6.92 Å². The number of hydrogen-bond acceptors (Lipinski definition) is 4. The molecule has 7 nitrogen and oxygen atoms in total. The van der Waals surface area contributed by atoms with Gasteiger partial charge in [0.1, 0.15) is 6.04 Å². The highest BCUT2D eigenvalue weighted by Crippen LogP contribution is 2.35. The molecule has 0 aliphatic carbocycles. The standard InChI is InChI=1S/C24H29N3O4S/c1-17-5-7-19(8-6-17)11-12-25-24(29)23-16-20-15-21(9-10-22(20)27(23)18(2)28)32(30,31)26-13-3-4-14-26/h5-10,15,23H,3-4,11-14,16H2,1-2H3,(H,25,29)/t23-/m0/s1. The maximum absolute atomic E-state index is 12.9. The van der Waals surface area contributed by atoms with Crippen molar-refractivity contribution in [3.63, 3.8) is 0 Å². The summed E-state index contributed by atoms with van der Waals surface area (Å²) in [6, 6.07) is 12.3. The normalized spacial score (nSPS) is 18.6. The van der Waals surface area contributed by atoms with Gasteiger partial charge in [-0.3, -0.25) is 14.5 Å². The number of hydrogen-bond donors (Lipinski definition) is 1. The number of rotatable bonds is 6.